The van der Waals surface area contributed by atoms with Crippen molar-refractivity contribution in [3.63, 3.8) is 0 Å². The maximum absolute atomic E-state index is 11.8. The number of piperidine rings is 1. The monoisotopic (exact) mass is 192 g/mol. The lowest BCUT2D eigenvalue weighted by atomic mass is 9.98. The lowest BCUT2D eigenvalue weighted by Crippen LogP contribution is -2.38. The molecule has 1 aliphatic rings. The summed E-state index contributed by atoms with van der Waals surface area (Å²) >= 11 is 0. The Kier molecular flexibility index (Phi) is 4.08. The number of amides is 1. The molecule has 13 heavy (non-hydrogen) atoms. The Morgan fingerprint density at radius 2 is 2.08 bits per heavy atom. The van der Waals surface area contributed by atoms with Crippen molar-refractivity contribution < 1.29 is 13.6 Å². The maximum atomic E-state index is 11.8. The van der Waals surface area contributed by atoms with Crippen LogP contribution in [0.1, 0.15) is 12.8 Å². The summed E-state index contributed by atoms with van der Waals surface area (Å²) in [5.74, 6) is -0.803. The van der Waals surface area contributed by atoms with Gasteiger partial charge in [-0.15, -0.1) is 0 Å². The van der Waals surface area contributed by atoms with Crippen LogP contribution in [0.5, 0.6) is 0 Å². The van der Waals surface area contributed by atoms with E-state index in [4.69, 9.17) is 0 Å². The van der Waals surface area contributed by atoms with Gasteiger partial charge in [0.15, 0.2) is 0 Å². The van der Waals surface area contributed by atoms with Crippen molar-refractivity contribution in [3.8, 4) is 0 Å². The molecule has 1 fully saturated rings. The second-order valence-corrected chi connectivity index (χ2v) is 3.24. The molecule has 1 rings (SSSR count). The standard InChI is InChI=1S/C8H14F2N2O/c9-7(10)8(13)12-5-6-1-3-11-4-2-6/h6-7,11H,1-5H2,(H,12,13). The molecule has 2 N–H and O–H groups in total. The van der Waals surface area contributed by atoms with Gasteiger partial charge in [0.05, 0.1) is 0 Å². The predicted molar refractivity (Wildman–Crippen MR) is 44.6 cm³/mol. The molecule has 3 nitrogen and oxygen atoms in total. The summed E-state index contributed by atoms with van der Waals surface area (Å²) in [5, 5.41) is 5.40. The number of hydrogen-bond donors (Lipinski definition) is 2. The molecule has 0 saturated carbocycles. The molecule has 0 spiro atoms. The number of alkyl halides is 2. The fourth-order valence-electron chi connectivity index (χ4n) is 1.41. The van der Waals surface area contributed by atoms with Gasteiger partial charge in [-0.05, 0) is 31.8 Å². The normalized spacial score (nSPS) is 19.0. The molecule has 1 aliphatic heterocycles. The molecule has 0 radical (unpaired) electrons. The molecule has 0 atom stereocenters. The number of rotatable bonds is 3. The Hall–Kier alpha value is -0.710. The lowest BCUT2D eigenvalue weighted by Gasteiger charge is -2.22. The first-order chi connectivity index (χ1) is 6.20. The summed E-state index contributed by atoms with van der Waals surface area (Å²) in [6, 6.07) is 0. The minimum atomic E-state index is -2.89. The average Bonchev–Trinajstić information content (AvgIpc) is 2.15. The van der Waals surface area contributed by atoms with Crippen LogP contribution in [0.15, 0.2) is 0 Å². The van der Waals surface area contributed by atoms with Gasteiger partial charge in [-0.3, -0.25) is 4.79 Å². The first-order valence-corrected chi connectivity index (χ1v) is 4.46. The topological polar surface area (TPSA) is 41.1 Å². The van der Waals surface area contributed by atoms with Crippen LogP contribution in [-0.2, 0) is 4.79 Å². The molecule has 0 bridgehead atoms. The molecule has 0 aliphatic carbocycles. The first kappa shape index (κ1) is 10.4. The summed E-state index contributed by atoms with van der Waals surface area (Å²) in [4.78, 5) is 10.5. The number of carbonyl (C=O) groups is 1. The summed E-state index contributed by atoms with van der Waals surface area (Å²) < 4.78 is 23.5. The molecule has 76 valence electrons. The third-order valence-corrected chi connectivity index (χ3v) is 2.22. The highest BCUT2D eigenvalue weighted by molar-refractivity contribution is 5.78. The fraction of sp³-hybridized carbons (Fsp3) is 0.875. The van der Waals surface area contributed by atoms with Crippen LogP contribution < -0.4 is 10.6 Å². The van der Waals surface area contributed by atoms with Gasteiger partial charge in [0.2, 0.25) is 0 Å². The van der Waals surface area contributed by atoms with Crippen LogP contribution in [-0.4, -0.2) is 32.0 Å². The van der Waals surface area contributed by atoms with E-state index < -0.39 is 12.3 Å². The summed E-state index contributed by atoms with van der Waals surface area (Å²) in [5.41, 5.74) is 0. The van der Waals surface area contributed by atoms with Gasteiger partial charge >= 0.3 is 6.43 Å². The minimum Gasteiger partial charge on any atom is -0.351 e. The maximum Gasteiger partial charge on any atom is 0.315 e. The Balaban J connectivity index is 2.13. The van der Waals surface area contributed by atoms with E-state index in [1.165, 1.54) is 0 Å². The number of nitrogens with one attached hydrogen (secondary N) is 2. The number of carbonyl (C=O) groups excluding carboxylic acids is 1. The Labute approximate surface area is 75.9 Å². The Morgan fingerprint density at radius 1 is 1.46 bits per heavy atom. The van der Waals surface area contributed by atoms with E-state index in [0.29, 0.717) is 12.5 Å². The number of hydrogen-bond acceptors (Lipinski definition) is 2. The number of halogens is 2. The van der Waals surface area contributed by atoms with Crippen LogP contribution in [0.4, 0.5) is 8.78 Å². The molecule has 1 heterocycles. The highest BCUT2D eigenvalue weighted by Gasteiger charge is 2.18. The zero-order valence-corrected chi connectivity index (χ0v) is 7.35. The van der Waals surface area contributed by atoms with Crippen LogP contribution in [0.25, 0.3) is 0 Å². The zero-order chi connectivity index (χ0) is 9.68. The minimum absolute atomic E-state index is 0.351. The van der Waals surface area contributed by atoms with Crippen LogP contribution in [0.3, 0.4) is 0 Å². The third-order valence-electron chi connectivity index (χ3n) is 2.22. The van der Waals surface area contributed by atoms with Gasteiger partial charge in [-0.25, -0.2) is 0 Å². The van der Waals surface area contributed by atoms with Crippen LogP contribution >= 0.6 is 0 Å². The molecule has 0 aromatic rings. The molecule has 0 unspecified atom stereocenters. The molecular formula is C8H14F2N2O. The molecule has 1 saturated heterocycles. The summed E-state index contributed by atoms with van der Waals surface area (Å²) in [6.07, 6.45) is -0.991. The van der Waals surface area contributed by atoms with E-state index in [-0.39, 0.29) is 0 Å². The summed E-state index contributed by atoms with van der Waals surface area (Å²) in [7, 11) is 0. The van der Waals surface area contributed by atoms with E-state index in [9.17, 15) is 13.6 Å². The van der Waals surface area contributed by atoms with Crippen LogP contribution in [0, 0.1) is 5.92 Å². The Bertz CT molecular complexity index is 170. The third kappa shape index (κ3) is 3.67. The molecule has 0 aromatic heterocycles. The van der Waals surface area contributed by atoms with Gasteiger partial charge in [0, 0.05) is 6.54 Å². The predicted octanol–water partition coefficient (Wildman–Crippen LogP) is 0.367. The van der Waals surface area contributed by atoms with Crippen molar-refractivity contribution in [2.75, 3.05) is 19.6 Å². The van der Waals surface area contributed by atoms with Crippen molar-refractivity contribution in [2.24, 2.45) is 5.92 Å². The van der Waals surface area contributed by atoms with Gasteiger partial charge in [-0.1, -0.05) is 0 Å². The van der Waals surface area contributed by atoms with Crippen molar-refractivity contribution in [1.29, 1.82) is 0 Å². The van der Waals surface area contributed by atoms with Gasteiger partial charge < -0.3 is 10.6 Å². The average molecular weight is 192 g/mol. The van der Waals surface area contributed by atoms with Gasteiger partial charge in [-0.2, -0.15) is 8.78 Å². The fourth-order valence-corrected chi connectivity index (χ4v) is 1.41. The van der Waals surface area contributed by atoms with E-state index in [1.54, 1.807) is 0 Å². The quantitative estimate of drug-likeness (QED) is 0.678. The largest absolute Gasteiger partial charge is 0.351 e. The van der Waals surface area contributed by atoms with Crippen molar-refractivity contribution in [1.82, 2.24) is 10.6 Å². The SMILES string of the molecule is O=C(NCC1CCNCC1)C(F)F. The van der Waals surface area contributed by atoms with Gasteiger partial charge in [0.1, 0.15) is 0 Å². The Morgan fingerprint density at radius 3 is 2.62 bits per heavy atom. The zero-order valence-electron chi connectivity index (χ0n) is 7.35. The molecule has 1 amide bonds. The van der Waals surface area contributed by atoms with Crippen LogP contribution in [0.2, 0.25) is 0 Å². The molecule has 0 aromatic carbocycles. The van der Waals surface area contributed by atoms with Gasteiger partial charge in [0.25, 0.3) is 5.91 Å². The van der Waals surface area contributed by atoms with E-state index >= 15 is 0 Å². The van der Waals surface area contributed by atoms with Crippen molar-refractivity contribution in [2.45, 2.75) is 19.3 Å². The molecule has 5 heteroatoms. The lowest BCUT2D eigenvalue weighted by molar-refractivity contribution is -0.131. The highest BCUT2D eigenvalue weighted by atomic mass is 19.3. The van der Waals surface area contributed by atoms with E-state index in [2.05, 4.69) is 10.6 Å². The van der Waals surface area contributed by atoms with Crippen molar-refractivity contribution >= 4 is 5.91 Å². The summed E-state index contributed by atoms with van der Waals surface area (Å²) in [6.45, 7) is 2.20. The van der Waals surface area contributed by atoms with E-state index in [0.717, 1.165) is 25.9 Å². The highest BCUT2D eigenvalue weighted by Crippen LogP contribution is 2.09. The van der Waals surface area contributed by atoms with Crippen molar-refractivity contribution in [3.05, 3.63) is 0 Å². The smallest absolute Gasteiger partial charge is 0.315 e. The van der Waals surface area contributed by atoms with E-state index in [1.807, 2.05) is 0 Å². The first-order valence-electron chi connectivity index (χ1n) is 4.46. The molecular weight excluding hydrogens is 178 g/mol. The second kappa shape index (κ2) is 5.11. The second-order valence-electron chi connectivity index (χ2n) is 3.24.